The number of likely N-dealkylation sites (N-methyl/N-ethyl adjacent to an activating group) is 1. The van der Waals surface area contributed by atoms with Gasteiger partial charge in [0.1, 0.15) is 0 Å². The molecular weight excluding hydrogens is 384 g/mol. The van der Waals surface area contributed by atoms with Crippen molar-refractivity contribution in [2.45, 2.75) is 37.6 Å². The van der Waals surface area contributed by atoms with Gasteiger partial charge in [-0.2, -0.15) is 0 Å². The highest BCUT2D eigenvalue weighted by Crippen LogP contribution is 2.25. The van der Waals surface area contributed by atoms with Crippen LogP contribution in [0.5, 0.6) is 0 Å². The topological polar surface area (TPSA) is 78.1 Å². The van der Waals surface area contributed by atoms with Crippen molar-refractivity contribution in [3.63, 3.8) is 0 Å². The molecule has 1 heterocycles. The van der Waals surface area contributed by atoms with E-state index in [1.807, 2.05) is 63.2 Å². The Morgan fingerprint density at radius 3 is 2.76 bits per heavy atom. The lowest BCUT2D eigenvalue weighted by molar-refractivity contribution is -0.132. The van der Waals surface area contributed by atoms with E-state index in [0.29, 0.717) is 5.16 Å². The summed E-state index contributed by atoms with van der Waals surface area (Å²) >= 11 is 1.36. The third-order valence-corrected chi connectivity index (χ3v) is 5.65. The Kier molecular flexibility index (Phi) is 6.59. The molecule has 2 amide bonds. The van der Waals surface area contributed by atoms with Crippen LogP contribution in [0.1, 0.15) is 25.0 Å². The highest BCUT2D eigenvalue weighted by atomic mass is 32.2. The van der Waals surface area contributed by atoms with E-state index in [-0.39, 0.29) is 23.6 Å². The van der Waals surface area contributed by atoms with Crippen LogP contribution in [0.4, 0.5) is 5.69 Å². The van der Waals surface area contributed by atoms with Crippen molar-refractivity contribution in [1.29, 1.82) is 0 Å². The SMILES string of the molecule is CCc1ccccc1NC(=O)CN(C)C(=O)C(C)Sc1nc2ccc(C)cc2[nH]1. The first kappa shape index (κ1) is 20.9. The van der Waals surface area contributed by atoms with Gasteiger partial charge in [-0.1, -0.05) is 43.0 Å². The Balaban J connectivity index is 1.58. The lowest BCUT2D eigenvalue weighted by Crippen LogP contribution is -2.39. The van der Waals surface area contributed by atoms with Crippen LogP contribution in [0, 0.1) is 6.92 Å². The zero-order chi connectivity index (χ0) is 21.0. The van der Waals surface area contributed by atoms with Gasteiger partial charge in [0.25, 0.3) is 0 Å². The van der Waals surface area contributed by atoms with Crippen molar-refractivity contribution < 1.29 is 9.59 Å². The van der Waals surface area contributed by atoms with Crippen molar-refractivity contribution in [3.05, 3.63) is 53.6 Å². The number of aromatic nitrogens is 2. The second-order valence-electron chi connectivity index (χ2n) is 7.08. The molecule has 0 saturated carbocycles. The number of nitrogens with one attached hydrogen (secondary N) is 2. The average molecular weight is 411 g/mol. The van der Waals surface area contributed by atoms with E-state index >= 15 is 0 Å². The van der Waals surface area contributed by atoms with Crippen LogP contribution in [-0.2, 0) is 16.0 Å². The van der Waals surface area contributed by atoms with Crippen molar-refractivity contribution in [2.75, 3.05) is 18.9 Å². The van der Waals surface area contributed by atoms with Gasteiger partial charge in [-0.25, -0.2) is 4.98 Å². The fourth-order valence-corrected chi connectivity index (χ4v) is 4.05. The number of benzene rings is 2. The molecule has 3 aromatic rings. The van der Waals surface area contributed by atoms with Gasteiger partial charge in [-0.15, -0.1) is 0 Å². The lowest BCUT2D eigenvalue weighted by atomic mass is 10.1. The fraction of sp³-hybridized carbons (Fsp3) is 0.318. The minimum Gasteiger partial charge on any atom is -0.335 e. The van der Waals surface area contributed by atoms with Crippen molar-refractivity contribution >= 4 is 40.3 Å². The molecule has 2 N–H and O–H groups in total. The second kappa shape index (κ2) is 9.13. The summed E-state index contributed by atoms with van der Waals surface area (Å²) in [6.07, 6.45) is 0.829. The Bertz CT molecular complexity index is 1030. The molecule has 1 atom stereocenters. The molecule has 7 heteroatoms. The van der Waals surface area contributed by atoms with Crippen LogP contribution in [0.3, 0.4) is 0 Å². The zero-order valence-electron chi connectivity index (χ0n) is 17.2. The lowest BCUT2D eigenvalue weighted by Gasteiger charge is -2.20. The maximum absolute atomic E-state index is 12.7. The van der Waals surface area contributed by atoms with Gasteiger partial charge in [0.15, 0.2) is 5.16 Å². The summed E-state index contributed by atoms with van der Waals surface area (Å²) in [4.78, 5) is 34.3. The molecule has 0 aliphatic carbocycles. The highest BCUT2D eigenvalue weighted by molar-refractivity contribution is 8.00. The number of fused-ring (bicyclic) bond motifs is 1. The van der Waals surface area contributed by atoms with Crippen LogP contribution in [0.2, 0.25) is 0 Å². The van der Waals surface area contributed by atoms with Crippen LogP contribution in [0.25, 0.3) is 11.0 Å². The molecule has 0 aliphatic rings. The number of hydrogen-bond donors (Lipinski definition) is 2. The number of aromatic amines is 1. The molecule has 152 valence electrons. The van der Waals surface area contributed by atoms with Crippen molar-refractivity contribution in [3.8, 4) is 0 Å². The van der Waals surface area contributed by atoms with Crippen LogP contribution in [-0.4, -0.2) is 45.5 Å². The fourth-order valence-electron chi connectivity index (χ4n) is 3.12. The monoisotopic (exact) mass is 410 g/mol. The average Bonchev–Trinajstić information content (AvgIpc) is 3.08. The second-order valence-corrected chi connectivity index (χ2v) is 8.41. The first-order valence-electron chi connectivity index (χ1n) is 9.63. The summed E-state index contributed by atoms with van der Waals surface area (Å²) in [6.45, 7) is 5.89. The van der Waals surface area contributed by atoms with Gasteiger partial charge >= 0.3 is 0 Å². The molecule has 0 aliphatic heterocycles. The van der Waals surface area contributed by atoms with Crippen molar-refractivity contribution in [2.24, 2.45) is 0 Å². The first-order chi connectivity index (χ1) is 13.9. The number of nitrogens with zero attached hydrogens (tertiary/aromatic N) is 2. The maximum atomic E-state index is 12.7. The summed E-state index contributed by atoms with van der Waals surface area (Å²) in [7, 11) is 1.65. The quantitative estimate of drug-likeness (QED) is 0.577. The van der Waals surface area contributed by atoms with Gasteiger partial charge in [0.2, 0.25) is 11.8 Å². The normalized spacial score (nSPS) is 12.0. The summed E-state index contributed by atoms with van der Waals surface area (Å²) in [5.74, 6) is -0.330. The summed E-state index contributed by atoms with van der Waals surface area (Å²) in [6, 6.07) is 13.7. The smallest absolute Gasteiger partial charge is 0.243 e. The van der Waals surface area contributed by atoms with E-state index in [1.54, 1.807) is 7.05 Å². The van der Waals surface area contributed by atoms with Crippen LogP contribution >= 0.6 is 11.8 Å². The van der Waals surface area contributed by atoms with E-state index in [4.69, 9.17) is 0 Å². The number of carbonyl (C=O) groups excluding carboxylic acids is 2. The molecular formula is C22H26N4O2S. The number of anilines is 1. The molecule has 1 aromatic heterocycles. The molecule has 3 rings (SSSR count). The highest BCUT2D eigenvalue weighted by Gasteiger charge is 2.22. The first-order valence-corrected chi connectivity index (χ1v) is 10.5. The molecule has 2 aromatic carbocycles. The summed E-state index contributed by atoms with van der Waals surface area (Å²) in [5, 5.41) is 3.23. The van der Waals surface area contributed by atoms with Gasteiger partial charge < -0.3 is 15.2 Å². The summed E-state index contributed by atoms with van der Waals surface area (Å²) < 4.78 is 0. The molecule has 0 bridgehead atoms. The number of carbonyl (C=O) groups is 2. The van der Waals surface area contributed by atoms with E-state index in [1.165, 1.54) is 16.7 Å². The zero-order valence-corrected chi connectivity index (χ0v) is 18.0. The van der Waals surface area contributed by atoms with Crippen LogP contribution in [0.15, 0.2) is 47.6 Å². The van der Waals surface area contributed by atoms with E-state index in [2.05, 4.69) is 15.3 Å². The third-order valence-electron chi connectivity index (χ3n) is 4.68. The number of rotatable bonds is 7. The summed E-state index contributed by atoms with van der Waals surface area (Å²) in [5.41, 5.74) is 4.84. The van der Waals surface area contributed by atoms with E-state index in [0.717, 1.165) is 34.3 Å². The van der Waals surface area contributed by atoms with Gasteiger partial charge in [0, 0.05) is 12.7 Å². The van der Waals surface area contributed by atoms with Crippen LogP contribution < -0.4 is 5.32 Å². The number of hydrogen-bond acceptors (Lipinski definition) is 4. The number of aryl methyl sites for hydroxylation is 2. The Labute approximate surface area is 175 Å². The van der Waals surface area contributed by atoms with Gasteiger partial charge in [-0.3, -0.25) is 9.59 Å². The minimum atomic E-state index is -0.364. The number of para-hydroxylation sites is 1. The van der Waals surface area contributed by atoms with Gasteiger partial charge in [-0.05, 0) is 49.6 Å². The Morgan fingerprint density at radius 2 is 2.00 bits per heavy atom. The number of thioether (sulfide) groups is 1. The third kappa shape index (κ3) is 5.17. The standard InChI is InChI=1S/C22H26N4O2S/c1-5-16-8-6-7-9-17(16)23-20(27)13-26(4)21(28)15(3)29-22-24-18-11-10-14(2)12-19(18)25-22/h6-12,15H,5,13H2,1-4H3,(H,23,27)(H,24,25). The van der Waals surface area contributed by atoms with E-state index in [9.17, 15) is 9.59 Å². The Hall–Kier alpha value is -2.80. The minimum absolute atomic E-state index is 0.00110. The predicted octanol–water partition coefficient (Wildman–Crippen LogP) is 4.01. The maximum Gasteiger partial charge on any atom is 0.243 e. The van der Waals surface area contributed by atoms with Crippen molar-refractivity contribution in [1.82, 2.24) is 14.9 Å². The molecule has 0 spiro atoms. The molecule has 0 radical (unpaired) electrons. The Morgan fingerprint density at radius 1 is 1.24 bits per heavy atom. The molecule has 0 saturated heterocycles. The molecule has 1 unspecified atom stereocenters. The van der Waals surface area contributed by atoms with Gasteiger partial charge in [0.05, 0.1) is 22.8 Å². The van der Waals surface area contributed by atoms with E-state index < -0.39 is 0 Å². The molecule has 29 heavy (non-hydrogen) atoms. The molecule has 6 nitrogen and oxygen atoms in total. The molecule has 0 fully saturated rings. The largest absolute Gasteiger partial charge is 0.335 e. The predicted molar refractivity (Wildman–Crippen MR) is 118 cm³/mol. The number of imidazole rings is 1. The number of amides is 2. The number of H-pyrrole nitrogens is 1.